The molecular weight excluding hydrogens is 484 g/mol. The maximum Gasteiger partial charge on any atom is 0.410 e. The van der Waals surface area contributed by atoms with Crippen molar-refractivity contribution in [3.63, 3.8) is 0 Å². The highest BCUT2D eigenvalue weighted by Crippen LogP contribution is 2.27. The van der Waals surface area contributed by atoms with Gasteiger partial charge in [-0.1, -0.05) is 96.1 Å². The van der Waals surface area contributed by atoms with E-state index >= 15 is 0 Å². The van der Waals surface area contributed by atoms with Gasteiger partial charge in [-0.2, -0.15) is 0 Å². The Labute approximate surface area is 222 Å². The van der Waals surface area contributed by atoms with E-state index in [1.807, 2.05) is 91.0 Å². The van der Waals surface area contributed by atoms with Crippen LogP contribution in [0.4, 0.5) is 4.79 Å². The summed E-state index contributed by atoms with van der Waals surface area (Å²) in [4.78, 5) is 18.0. The first-order chi connectivity index (χ1) is 18.6. The number of aliphatic hydroxyl groups excluding tert-OH is 1. The van der Waals surface area contributed by atoms with Crippen molar-refractivity contribution in [3.8, 4) is 0 Å². The molecule has 4 rings (SSSR count). The fourth-order valence-electron chi connectivity index (χ4n) is 4.45. The topological polar surface area (TPSA) is 117 Å². The van der Waals surface area contributed by atoms with E-state index < -0.39 is 30.6 Å². The molecule has 1 aliphatic rings. The molecule has 3 aromatic carbocycles. The Morgan fingerprint density at radius 1 is 0.947 bits per heavy atom. The highest BCUT2D eigenvalue weighted by molar-refractivity contribution is 5.68. The molecule has 198 valence electrons. The molecule has 1 saturated heterocycles. The van der Waals surface area contributed by atoms with Crippen molar-refractivity contribution >= 4 is 6.09 Å². The molecule has 0 bridgehead atoms. The van der Waals surface area contributed by atoms with E-state index in [-0.39, 0.29) is 19.8 Å². The van der Waals surface area contributed by atoms with Gasteiger partial charge in [0.05, 0.1) is 31.4 Å². The molecule has 4 atom stereocenters. The Balaban J connectivity index is 1.56. The predicted octanol–water partition coefficient (Wildman–Crippen LogP) is 5.59. The van der Waals surface area contributed by atoms with E-state index in [2.05, 4.69) is 10.0 Å². The number of nitrogens with zero attached hydrogens (tertiary/aromatic N) is 4. The van der Waals surface area contributed by atoms with Crippen molar-refractivity contribution in [1.29, 1.82) is 0 Å². The molecule has 1 N–H and O–H groups in total. The van der Waals surface area contributed by atoms with Crippen LogP contribution in [0.25, 0.3) is 10.4 Å². The van der Waals surface area contributed by atoms with Crippen LogP contribution in [-0.4, -0.2) is 47.2 Å². The minimum Gasteiger partial charge on any atom is -0.445 e. The largest absolute Gasteiger partial charge is 0.445 e. The zero-order valence-electron chi connectivity index (χ0n) is 21.1. The van der Waals surface area contributed by atoms with Crippen molar-refractivity contribution in [2.75, 3.05) is 6.61 Å². The second kappa shape index (κ2) is 14.2. The third-order valence-corrected chi connectivity index (χ3v) is 6.46. The molecule has 0 saturated carbocycles. The standard InChI is InChI=1S/C29H32N4O5/c30-32-31-25-16-17-27(38-28(25)34)26(21-36-19-23-12-6-2-7-13-23)33(18-22-10-4-1-5-11-22)29(35)37-20-24-14-8-3-9-15-24/h1-15,25-28,34H,16-21H2/t25-,26+,27-,28?/m0/s1. The number of ether oxygens (including phenoxy) is 3. The van der Waals surface area contributed by atoms with Gasteiger partial charge in [0, 0.05) is 11.5 Å². The third kappa shape index (κ3) is 7.81. The van der Waals surface area contributed by atoms with Gasteiger partial charge in [0.25, 0.3) is 0 Å². The van der Waals surface area contributed by atoms with E-state index in [0.717, 1.165) is 16.7 Å². The molecule has 1 aliphatic heterocycles. The van der Waals surface area contributed by atoms with Crippen molar-refractivity contribution in [2.24, 2.45) is 5.11 Å². The molecule has 0 spiro atoms. The number of amides is 1. The summed E-state index contributed by atoms with van der Waals surface area (Å²) in [6.07, 6.45) is -1.46. The molecule has 1 heterocycles. The van der Waals surface area contributed by atoms with Crippen LogP contribution in [0.1, 0.15) is 29.5 Å². The van der Waals surface area contributed by atoms with E-state index in [9.17, 15) is 9.90 Å². The molecule has 1 fully saturated rings. The summed E-state index contributed by atoms with van der Waals surface area (Å²) in [6.45, 7) is 0.900. The number of benzene rings is 3. The number of hydrogen-bond acceptors (Lipinski definition) is 6. The Bertz CT molecular complexity index is 1180. The number of carbonyl (C=O) groups excluding carboxylic acids is 1. The summed E-state index contributed by atoms with van der Waals surface area (Å²) >= 11 is 0. The number of azide groups is 1. The summed E-state index contributed by atoms with van der Waals surface area (Å²) in [5.74, 6) is 0. The van der Waals surface area contributed by atoms with Crippen molar-refractivity contribution in [2.45, 2.75) is 57.1 Å². The quantitative estimate of drug-likeness (QED) is 0.203. The second-order valence-electron chi connectivity index (χ2n) is 9.14. The number of rotatable bonds is 11. The average Bonchev–Trinajstić information content (AvgIpc) is 2.96. The highest BCUT2D eigenvalue weighted by atomic mass is 16.6. The smallest absolute Gasteiger partial charge is 0.410 e. The molecule has 9 nitrogen and oxygen atoms in total. The first kappa shape index (κ1) is 27.2. The minimum absolute atomic E-state index is 0.121. The molecule has 0 radical (unpaired) electrons. The Hall–Kier alpha value is -3.88. The SMILES string of the molecule is [N-]=[N+]=N[C@H]1CC[C@@H]([C@@H](COCc2ccccc2)N(Cc2ccccc2)C(=O)OCc2ccccc2)OC1O. The molecule has 0 aliphatic carbocycles. The summed E-state index contributed by atoms with van der Waals surface area (Å²) in [5, 5.41) is 14.2. The van der Waals surface area contributed by atoms with Crippen molar-refractivity contribution < 1.29 is 24.1 Å². The maximum absolute atomic E-state index is 13.6. The molecule has 1 unspecified atom stereocenters. The van der Waals surface area contributed by atoms with Gasteiger partial charge in [-0.05, 0) is 35.1 Å². The van der Waals surface area contributed by atoms with Gasteiger partial charge >= 0.3 is 6.09 Å². The first-order valence-electron chi connectivity index (χ1n) is 12.6. The van der Waals surface area contributed by atoms with Gasteiger partial charge in [0.1, 0.15) is 6.61 Å². The monoisotopic (exact) mass is 516 g/mol. The molecule has 1 amide bonds. The summed E-state index contributed by atoms with van der Waals surface area (Å²) in [6, 6.07) is 27.6. The number of carbonyl (C=O) groups is 1. The summed E-state index contributed by atoms with van der Waals surface area (Å²) in [7, 11) is 0. The zero-order valence-corrected chi connectivity index (χ0v) is 21.1. The number of aliphatic hydroxyl groups is 1. The van der Waals surface area contributed by atoms with E-state index in [1.165, 1.54) is 0 Å². The summed E-state index contributed by atoms with van der Waals surface area (Å²) in [5.41, 5.74) is 11.6. The van der Waals surface area contributed by atoms with E-state index in [0.29, 0.717) is 19.4 Å². The molecule has 9 heteroatoms. The van der Waals surface area contributed by atoms with Crippen LogP contribution in [0.15, 0.2) is 96.1 Å². The van der Waals surface area contributed by atoms with E-state index in [4.69, 9.17) is 19.7 Å². The highest BCUT2D eigenvalue weighted by Gasteiger charge is 2.39. The van der Waals surface area contributed by atoms with Crippen LogP contribution in [0.2, 0.25) is 0 Å². The third-order valence-electron chi connectivity index (χ3n) is 6.46. The van der Waals surface area contributed by atoms with Crippen LogP contribution in [0.3, 0.4) is 0 Å². The molecule has 38 heavy (non-hydrogen) atoms. The van der Waals surface area contributed by atoms with Gasteiger partial charge in [0.2, 0.25) is 0 Å². The zero-order chi connectivity index (χ0) is 26.6. The van der Waals surface area contributed by atoms with Crippen LogP contribution < -0.4 is 0 Å². The fraction of sp³-hybridized carbons (Fsp3) is 0.345. The lowest BCUT2D eigenvalue weighted by molar-refractivity contribution is -0.193. The minimum atomic E-state index is -1.28. The van der Waals surface area contributed by atoms with Gasteiger partial charge in [-0.3, -0.25) is 4.90 Å². The fourth-order valence-corrected chi connectivity index (χ4v) is 4.45. The normalized spacial score (nSPS) is 19.7. The maximum atomic E-state index is 13.6. The van der Waals surface area contributed by atoms with E-state index in [1.54, 1.807) is 4.90 Å². The lowest BCUT2D eigenvalue weighted by Gasteiger charge is -2.40. The Morgan fingerprint density at radius 3 is 2.11 bits per heavy atom. The molecule has 0 aromatic heterocycles. The Kier molecular flexibility index (Phi) is 10.1. The van der Waals surface area contributed by atoms with Gasteiger partial charge in [0.15, 0.2) is 6.29 Å². The van der Waals surface area contributed by atoms with Crippen LogP contribution >= 0.6 is 0 Å². The van der Waals surface area contributed by atoms with Crippen molar-refractivity contribution in [3.05, 3.63) is 118 Å². The average molecular weight is 517 g/mol. The Morgan fingerprint density at radius 2 is 1.53 bits per heavy atom. The summed E-state index contributed by atoms with van der Waals surface area (Å²) < 4.78 is 17.7. The lowest BCUT2D eigenvalue weighted by Crippen LogP contribution is -2.54. The lowest BCUT2D eigenvalue weighted by atomic mass is 9.97. The van der Waals surface area contributed by atoms with Gasteiger partial charge in [-0.15, -0.1) is 0 Å². The predicted molar refractivity (Wildman–Crippen MR) is 142 cm³/mol. The van der Waals surface area contributed by atoms with Crippen LogP contribution in [-0.2, 0) is 34.0 Å². The molecule has 3 aromatic rings. The molecular formula is C29H32N4O5. The van der Waals surface area contributed by atoms with Gasteiger partial charge < -0.3 is 19.3 Å². The second-order valence-corrected chi connectivity index (χ2v) is 9.14. The van der Waals surface area contributed by atoms with Crippen molar-refractivity contribution in [1.82, 2.24) is 4.90 Å². The number of hydrogen-bond donors (Lipinski definition) is 1. The van der Waals surface area contributed by atoms with Gasteiger partial charge in [-0.25, -0.2) is 4.79 Å². The van der Waals surface area contributed by atoms with Crippen LogP contribution in [0.5, 0.6) is 0 Å². The first-order valence-corrected chi connectivity index (χ1v) is 12.6. The van der Waals surface area contributed by atoms with Crippen LogP contribution in [0, 0.1) is 0 Å².